The van der Waals surface area contributed by atoms with E-state index >= 15 is 0 Å². The molecule has 1 spiro atoms. The summed E-state index contributed by atoms with van der Waals surface area (Å²) in [5, 5.41) is 35.5. The minimum Gasteiger partial charge on any atom is -0.497 e. The molecule has 2 bridgehead atoms. The van der Waals surface area contributed by atoms with E-state index in [2.05, 4.69) is 54.0 Å². The van der Waals surface area contributed by atoms with Gasteiger partial charge in [-0.3, -0.25) is 19.8 Å². The molecule has 3 aromatic carbocycles. The van der Waals surface area contributed by atoms with Crippen LogP contribution in [0.3, 0.4) is 0 Å². The van der Waals surface area contributed by atoms with Crippen molar-refractivity contribution >= 4 is 32.6 Å². The number of pyridine rings is 2. The van der Waals surface area contributed by atoms with Gasteiger partial charge in [0.15, 0.2) is 0 Å². The fraction of sp³-hybridized carbons (Fsp3) is 0.469. The van der Waals surface area contributed by atoms with Crippen LogP contribution in [0.15, 0.2) is 85.2 Å². The molecule has 6 fully saturated rings. The Kier molecular flexibility index (Phi) is 9.26. The van der Waals surface area contributed by atoms with E-state index in [-0.39, 0.29) is 36.3 Å². The van der Waals surface area contributed by atoms with Gasteiger partial charge in [0.2, 0.25) is 11.8 Å². The number of aromatic nitrogens is 4. The molecular weight excluding hydrogens is 753 g/mol. The van der Waals surface area contributed by atoms with Crippen LogP contribution in [-0.2, 0) is 6.61 Å². The Morgan fingerprint density at radius 3 is 2.20 bits per heavy atom. The number of hydrogen-bond acceptors (Lipinski definition) is 11. The number of piperidine rings is 2. The first kappa shape index (κ1) is 38.0. The minimum absolute atomic E-state index is 0.0178. The third kappa shape index (κ3) is 5.83. The summed E-state index contributed by atoms with van der Waals surface area (Å²) >= 11 is 0. The lowest BCUT2D eigenvalue weighted by molar-refractivity contribution is -0.0403. The van der Waals surface area contributed by atoms with Crippen molar-refractivity contribution in [3.05, 3.63) is 102 Å². The van der Waals surface area contributed by atoms with Crippen LogP contribution in [0.2, 0.25) is 0 Å². The molecule has 0 amide bonds. The second-order valence-corrected chi connectivity index (χ2v) is 18.1. The summed E-state index contributed by atoms with van der Waals surface area (Å²) in [6, 6.07) is 24.5. The van der Waals surface area contributed by atoms with Crippen LogP contribution in [-0.4, -0.2) is 90.1 Å². The number of hydrogen-bond donors (Lipinski definition) is 2. The number of rotatable bonds is 12. The molecule has 0 radical (unpaired) electrons. The molecule has 5 unspecified atom stereocenters. The van der Waals surface area contributed by atoms with Crippen molar-refractivity contribution in [3.8, 4) is 17.5 Å². The monoisotopic (exact) mass is 806 g/mol. The van der Waals surface area contributed by atoms with E-state index in [1.54, 1.807) is 7.11 Å². The molecule has 6 aromatic rings. The minimum atomic E-state index is -0.702. The fourth-order valence-electron chi connectivity index (χ4n) is 12.4. The zero-order valence-corrected chi connectivity index (χ0v) is 34.7. The van der Waals surface area contributed by atoms with Crippen LogP contribution >= 0.6 is 0 Å². The summed E-state index contributed by atoms with van der Waals surface area (Å²) in [5.74, 6) is 3.24. The number of ether oxygens (including phenoxy) is 3. The standard InChI is InChI=1S/C49H54N6O5/c1-4-30-27-49-39(30)17-22-55(49)45(49)44(34-15-20-50-40-12-10-29(28-56)24-37(34)40)60-47-36-9-7-6-8-35(36)46(52-53-47)59-43(33-14-19-51-41-13-11-32(58-3)26-38(33)41)42-25-31-16-21-54(42)23-18-48(31,57)5-2/h6-15,19-20,24,26,30-31,39,42-45,56-57H,4-5,16-18,21-23,25,27-28H2,1-3H3/t30-,31?,39-,42+,43-,44+,45-,48?,49?,55?/m0/s1. The summed E-state index contributed by atoms with van der Waals surface area (Å²) in [6.07, 6.45) is 9.83. The Balaban J connectivity index is 1.01. The third-order valence-electron chi connectivity index (χ3n) is 15.6. The Bertz CT molecular complexity index is 2610. The molecule has 8 heterocycles. The maximum absolute atomic E-state index is 11.9. The molecule has 310 valence electrons. The molecule has 6 aliphatic rings. The van der Waals surface area contributed by atoms with Crippen molar-refractivity contribution in [1.29, 1.82) is 0 Å². The van der Waals surface area contributed by atoms with E-state index < -0.39 is 11.7 Å². The van der Waals surface area contributed by atoms with E-state index in [4.69, 9.17) is 34.4 Å². The second kappa shape index (κ2) is 14.6. The lowest BCUT2D eigenvalue weighted by Crippen LogP contribution is -2.47. The first-order valence-electron chi connectivity index (χ1n) is 22.1. The summed E-state index contributed by atoms with van der Waals surface area (Å²) in [5.41, 5.74) is 4.08. The zero-order valence-electron chi connectivity index (χ0n) is 34.7. The van der Waals surface area contributed by atoms with E-state index in [1.807, 2.05) is 54.9 Å². The highest BCUT2D eigenvalue weighted by Crippen LogP contribution is 2.70. The van der Waals surface area contributed by atoms with Crippen LogP contribution in [0.25, 0.3) is 32.6 Å². The predicted molar refractivity (Wildman–Crippen MR) is 230 cm³/mol. The van der Waals surface area contributed by atoms with Crippen LogP contribution in [0.1, 0.15) is 87.7 Å². The van der Waals surface area contributed by atoms with Crippen LogP contribution in [0.5, 0.6) is 17.5 Å². The molecular formula is C49H54N6O5. The van der Waals surface area contributed by atoms with Crippen molar-refractivity contribution in [1.82, 2.24) is 30.0 Å². The van der Waals surface area contributed by atoms with Gasteiger partial charge in [-0.15, -0.1) is 10.2 Å². The zero-order chi connectivity index (χ0) is 40.8. The van der Waals surface area contributed by atoms with E-state index in [9.17, 15) is 10.2 Å². The van der Waals surface area contributed by atoms with Crippen molar-refractivity contribution < 1.29 is 24.4 Å². The summed E-state index contributed by atoms with van der Waals surface area (Å²) in [7, 11) is 1.69. The molecule has 11 atom stereocenters. The molecule has 5 saturated heterocycles. The molecule has 12 rings (SSSR count). The number of aliphatic hydroxyl groups excluding tert-OH is 1. The molecule has 60 heavy (non-hydrogen) atoms. The highest BCUT2D eigenvalue weighted by Gasteiger charge is 2.78. The largest absolute Gasteiger partial charge is 0.497 e. The third-order valence-corrected chi connectivity index (χ3v) is 15.6. The second-order valence-electron chi connectivity index (χ2n) is 18.1. The summed E-state index contributed by atoms with van der Waals surface area (Å²) in [6.45, 7) is 7.15. The molecule has 1 aliphatic carbocycles. The number of benzene rings is 3. The number of nitrogens with zero attached hydrogens (tertiary/aromatic N) is 6. The van der Waals surface area contributed by atoms with Crippen LogP contribution in [0.4, 0.5) is 0 Å². The van der Waals surface area contributed by atoms with Crippen LogP contribution in [0, 0.1) is 17.8 Å². The van der Waals surface area contributed by atoms with Crippen molar-refractivity contribution in [2.75, 3.05) is 26.7 Å². The van der Waals surface area contributed by atoms with Gasteiger partial charge in [-0.1, -0.05) is 38.5 Å². The molecule has 5 aliphatic heterocycles. The van der Waals surface area contributed by atoms with Crippen LogP contribution < -0.4 is 14.2 Å². The Morgan fingerprint density at radius 2 is 1.50 bits per heavy atom. The van der Waals surface area contributed by atoms with E-state index in [0.717, 1.165) is 106 Å². The molecule has 11 heteroatoms. The van der Waals surface area contributed by atoms with Gasteiger partial charge in [0.05, 0.1) is 53.2 Å². The van der Waals surface area contributed by atoms with Crippen molar-refractivity contribution in [3.63, 3.8) is 0 Å². The smallest absolute Gasteiger partial charge is 0.242 e. The highest BCUT2D eigenvalue weighted by atomic mass is 16.5. The average Bonchev–Trinajstić information content (AvgIpc) is 3.94. The first-order chi connectivity index (χ1) is 29.4. The molecule has 3 aromatic heterocycles. The Hall–Kier alpha value is -4.94. The maximum atomic E-state index is 11.9. The molecule has 11 nitrogen and oxygen atoms in total. The van der Waals surface area contributed by atoms with Gasteiger partial charge in [-0.05, 0) is 130 Å². The van der Waals surface area contributed by atoms with Gasteiger partial charge in [-0.25, -0.2) is 0 Å². The lowest BCUT2D eigenvalue weighted by atomic mass is 9.60. The molecule has 2 N–H and O–H groups in total. The predicted octanol–water partition coefficient (Wildman–Crippen LogP) is 7.97. The topological polar surface area (TPSA) is 126 Å². The maximum Gasteiger partial charge on any atom is 0.242 e. The fourth-order valence-corrected chi connectivity index (χ4v) is 12.4. The van der Waals surface area contributed by atoms with Gasteiger partial charge < -0.3 is 24.4 Å². The quantitative estimate of drug-likeness (QED) is 0.117. The Morgan fingerprint density at radius 1 is 0.800 bits per heavy atom. The summed E-state index contributed by atoms with van der Waals surface area (Å²) < 4.78 is 20.3. The SMILES string of the molecule is CC[C@H]1CC23[C@H]([C@H](Oc4nnc(O[C@@H](c5ccnc6ccc(OC)cc56)[C@H]5CC6CCN5CCC6(O)CC)c5ccccc45)c4ccnc5ccc(CO)cc45)N2CC[C@@H]13. The van der Waals surface area contributed by atoms with Crippen molar-refractivity contribution in [2.45, 2.75) is 101 Å². The van der Waals surface area contributed by atoms with E-state index in [1.165, 1.54) is 19.3 Å². The first-order valence-corrected chi connectivity index (χ1v) is 22.1. The van der Waals surface area contributed by atoms with Gasteiger partial charge in [0.1, 0.15) is 18.0 Å². The molecule has 1 saturated carbocycles. The van der Waals surface area contributed by atoms with Gasteiger partial charge in [0.25, 0.3) is 0 Å². The average molecular weight is 807 g/mol. The van der Waals surface area contributed by atoms with Crippen molar-refractivity contribution in [2.24, 2.45) is 17.8 Å². The number of fused-ring (bicyclic) bond motifs is 7. The van der Waals surface area contributed by atoms with E-state index in [0.29, 0.717) is 17.7 Å². The highest BCUT2D eigenvalue weighted by molar-refractivity contribution is 5.91. The number of methoxy groups -OCH3 is 1. The number of aliphatic hydroxyl groups is 2. The Labute approximate surface area is 350 Å². The normalized spacial score (nSPS) is 31.2. The van der Waals surface area contributed by atoms with Gasteiger partial charge in [0, 0.05) is 46.4 Å². The van der Waals surface area contributed by atoms with Gasteiger partial charge in [-0.2, -0.15) is 0 Å². The lowest BCUT2D eigenvalue weighted by Gasteiger charge is -2.43. The van der Waals surface area contributed by atoms with Gasteiger partial charge >= 0.3 is 0 Å². The summed E-state index contributed by atoms with van der Waals surface area (Å²) in [4.78, 5) is 14.6.